The quantitative estimate of drug-likeness (QED) is 0.0378. The fourth-order valence-corrected chi connectivity index (χ4v) is 6.43. The second kappa shape index (κ2) is 35.8. The lowest BCUT2D eigenvalue weighted by Gasteiger charge is -2.25. The number of carbonyl (C=O) groups excluding carboxylic acids is 2. The van der Waals surface area contributed by atoms with Crippen molar-refractivity contribution in [1.29, 1.82) is 0 Å². The molecule has 0 aliphatic carbocycles. The molecule has 0 amide bonds. The zero-order valence-electron chi connectivity index (χ0n) is 31.2. The van der Waals surface area contributed by atoms with Crippen molar-refractivity contribution in [2.24, 2.45) is 5.73 Å². The Hall–Kier alpha value is -0.990. The summed E-state index contributed by atoms with van der Waals surface area (Å²) in [4.78, 5) is 37.1. The van der Waals surface area contributed by atoms with E-state index in [1.54, 1.807) is 0 Å². The first-order valence-electron chi connectivity index (χ1n) is 20.0. The van der Waals surface area contributed by atoms with Crippen molar-refractivity contribution in [2.45, 2.75) is 206 Å². The lowest BCUT2D eigenvalue weighted by Crippen LogP contribution is -2.30. The highest BCUT2D eigenvalue weighted by atomic mass is 31.2. The van der Waals surface area contributed by atoms with Gasteiger partial charge in [-0.25, -0.2) is 0 Å². The second-order valence-corrected chi connectivity index (χ2v) is 14.9. The predicted molar refractivity (Wildman–Crippen MR) is 195 cm³/mol. The Bertz CT molecular complexity index is 769. The molecule has 0 fully saturated rings. The van der Waals surface area contributed by atoms with Gasteiger partial charge in [0.1, 0.15) is 6.61 Å². The molecule has 0 bridgehead atoms. The molecule has 0 radical (unpaired) electrons. The van der Waals surface area contributed by atoms with Crippen LogP contribution in [0.2, 0.25) is 0 Å². The van der Waals surface area contributed by atoms with Crippen molar-refractivity contribution < 1.29 is 37.6 Å². The molecule has 286 valence electrons. The van der Waals surface area contributed by atoms with Gasteiger partial charge in [-0.1, -0.05) is 162 Å². The molecule has 0 spiro atoms. The maximum absolute atomic E-state index is 12.5. The predicted octanol–water partition coefficient (Wildman–Crippen LogP) is 10.3. The van der Waals surface area contributed by atoms with Gasteiger partial charge in [-0.15, -0.1) is 0 Å². The maximum Gasteiger partial charge on any atom is 0.306 e. The number of unbranched alkanes of at least 4 members (excludes halogenated alkanes) is 24. The summed E-state index contributed by atoms with van der Waals surface area (Å²) in [5.74, 6) is -0.837. The van der Waals surface area contributed by atoms with Crippen LogP contribution in [0, 0.1) is 0 Å². The summed E-state index contributed by atoms with van der Waals surface area (Å²) in [5, 5.41) is 0. The van der Waals surface area contributed by atoms with E-state index in [4.69, 9.17) is 24.3 Å². The zero-order valence-corrected chi connectivity index (χ0v) is 32.1. The smallest absolute Gasteiger partial charge is 0.306 e. The van der Waals surface area contributed by atoms with Crippen molar-refractivity contribution in [3.63, 3.8) is 0 Å². The Balaban J connectivity index is 4.30. The third-order valence-electron chi connectivity index (χ3n) is 8.71. The van der Waals surface area contributed by atoms with Gasteiger partial charge in [-0.2, -0.15) is 0 Å². The summed E-state index contributed by atoms with van der Waals surface area (Å²) < 4.78 is 32.9. The second-order valence-electron chi connectivity index (χ2n) is 13.5. The first kappa shape index (κ1) is 47.0. The van der Waals surface area contributed by atoms with Gasteiger partial charge in [0, 0.05) is 12.8 Å². The lowest BCUT2D eigenvalue weighted by atomic mass is 10.0. The van der Waals surface area contributed by atoms with Gasteiger partial charge in [0.15, 0.2) is 6.10 Å². The highest BCUT2D eigenvalue weighted by Crippen LogP contribution is 2.38. The van der Waals surface area contributed by atoms with Crippen LogP contribution in [0.25, 0.3) is 0 Å². The molecule has 0 aliphatic heterocycles. The number of esters is 2. The van der Waals surface area contributed by atoms with E-state index in [9.17, 15) is 19.0 Å². The van der Waals surface area contributed by atoms with Crippen molar-refractivity contribution >= 4 is 19.8 Å². The molecule has 0 aliphatic rings. The van der Waals surface area contributed by atoms with Crippen LogP contribution in [0.4, 0.5) is 0 Å². The van der Waals surface area contributed by atoms with Crippen molar-refractivity contribution in [3.05, 3.63) is 0 Å². The highest BCUT2D eigenvalue weighted by Gasteiger charge is 2.21. The highest BCUT2D eigenvalue weighted by molar-refractivity contribution is 7.45. The largest absolute Gasteiger partial charge is 0.756 e. The maximum atomic E-state index is 12.5. The van der Waals surface area contributed by atoms with Crippen LogP contribution >= 0.6 is 7.82 Å². The van der Waals surface area contributed by atoms with Gasteiger partial charge >= 0.3 is 11.9 Å². The molecule has 0 rings (SSSR count). The average molecular weight is 705 g/mol. The number of phosphoric acid groups is 1. The number of nitrogens with two attached hydrogens (primary N) is 1. The van der Waals surface area contributed by atoms with Crippen LogP contribution < -0.4 is 10.6 Å². The van der Waals surface area contributed by atoms with E-state index in [1.807, 2.05) is 0 Å². The fraction of sp³-hybridized carbons (Fsp3) is 0.947. The molecule has 2 N–H and O–H groups in total. The molecule has 2 atom stereocenters. The third-order valence-corrected chi connectivity index (χ3v) is 9.68. The minimum Gasteiger partial charge on any atom is -0.756 e. The number of carbonyl (C=O) groups is 2. The molecule has 0 aromatic heterocycles. The molecular formula is C38H75NO8P-. The average Bonchev–Trinajstić information content (AvgIpc) is 3.07. The van der Waals surface area contributed by atoms with Crippen LogP contribution in [0.3, 0.4) is 0 Å². The molecular weight excluding hydrogens is 629 g/mol. The molecule has 0 heterocycles. The van der Waals surface area contributed by atoms with E-state index < -0.39 is 26.5 Å². The molecule has 10 heteroatoms. The van der Waals surface area contributed by atoms with Crippen LogP contribution in [0.5, 0.6) is 0 Å². The first-order valence-corrected chi connectivity index (χ1v) is 21.5. The Morgan fingerprint density at radius 1 is 0.542 bits per heavy atom. The topological polar surface area (TPSA) is 137 Å². The molecule has 0 aromatic rings. The molecule has 1 unspecified atom stereocenters. The standard InChI is InChI=1S/C38H76NO8P/c1-3-5-7-9-11-13-15-17-19-20-22-24-26-30-37(40)44-34-36(35-46-48(42,43)45-33-29-28-32-39)47-38(41)31-27-25-23-21-18-16-14-12-10-8-6-4-2/h36H,3-35,39H2,1-2H3,(H,42,43)/p-1/t36-/m0/s1. The van der Waals surface area contributed by atoms with Crippen molar-refractivity contribution in [1.82, 2.24) is 0 Å². The first-order chi connectivity index (χ1) is 23.3. The van der Waals surface area contributed by atoms with E-state index in [0.29, 0.717) is 25.8 Å². The Morgan fingerprint density at radius 3 is 1.35 bits per heavy atom. The van der Waals surface area contributed by atoms with Gasteiger partial charge < -0.3 is 29.1 Å². The van der Waals surface area contributed by atoms with Gasteiger partial charge in [-0.3, -0.25) is 14.2 Å². The van der Waals surface area contributed by atoms with E-state index in [1.165, 1.54) is 122 Å². The lowest BCUT2D eigenvalue weighted by molar-refractivity contribution is -0.228. The zero-order chi connectivity index (χ0) is 35.4. The summed E-state index contributed by atoms with van der Waals surface area (Å²) in [7, 11) is -4.59. The van der Waals surface area contributed by atoms with E-state index in [0.717, 1.165) is 32.1 Å². The molecule has 0 saturated heterocycles. The minimum absolute atomic E-state index is 0.0322. The monoisotopic (exact) mass is 705 g/mol. The number of ether oxygens (including phenoxy) is 2. The number of hydrogen-bond donors (Lipinski definition) is 1. The van der Waals surface area contributed by atoms with Gasteiger partial charge in [0.2, 0.25) is 0 Å². The summed E-state index contributed by atoms with van der Waals surface area (Å²) in [6, 6.07) is 0. The van der Waals surface area contributed by atoms with Crippen molar-refractivity contribution in [2.75, 3.05) is 26.4 Å². The Kier molecular flexibility index (Phi) is 35.1. The van der Waals surface area contributed by atoms with Crippen LogP contribution in [-0.2, 0) is 32.7 Å². The van der Waals surface area contributed by atoms with Crippen LogP contribution in [-0.4, -0.2) is 44.4 Å². The normalized spacial score (nSPS) is 13.3. The number of phosphoric ester groups is 1. The van der Waals surface area contributed by atoms with Gasteiger partial charge in [0.05, 0.1) is 13.2 Å². The van der Waals surface area contributed by atoms with Gasteiger partial charge in [0.25, 0.3) is 7.82 Å². The van der Waals surface area contributed by atoms with Crippen LogP contribution in [0.15, 0.2) is 0 Å². The van der Waals surface area contributed by atoms with Crippen LogP contribution in [0.1, 0.15) is 200 Å². The Labute approximate surface area is 295 Å². The minimum atomic E-state index is -4.59. The molecule has 0 saturated carbocycles. The number of hydrogen-bond acceptors (Lipinski definition) is 9. The summed E-state index contributed by atoms with van der Waals surface area (Å²) in [6.45, 7) is 4.17. The third kappa shape index (κ3) is 34.9. The van der Waals surface area contributed by atoms with Crippen molar-refractivity contribution in [3.8, 4) is 0 Å². The van der Waals surface area contributed by atoms with E-state index in [2.05, 4.69) is 13.8 Å². The summed E-state index contributed by atoms with van der Waals surface area (Å²) >= 11 is 0. The molecule has 9 nitrogen and oxygen atoms in total. The van der Waals surface area contributed by atoms with Gasteiger partial charge in [-0.05, 0) is 32.2 Å². The number of rotatable bonds is 38. The molecule has 0 aromatic carbocycles. The SMILES string of the molecule is CCCCCCCCCCCCCCCC(=O)OC[C@@H](COP(=O)([O-])OCCCCN)OC(=O)CCCCCCCCCCCCCC. The fourth-order valence-electron chi connectivity index (χ4n) is 5.65. The Morgan fingerprint density at radius 2 is 0.938 bits per heavy atom. The van der Waals surface area contributed by atoms with E-state index >= 15 is 0 Å². The summed E-state index contributed by atoms with van der Waals surface area (Å²) in [6.07, 6.45) is 30.8. The summed E-state index contributed by atoms with van der Waals surface area (Å²) in [5.41, 5.74) is 5.44. The van der Waals surface area contributed by atoms with E-state index in [-0.39, 0.29) is 32.0 Å². The molecule has 48 heavy (non-hydrogen) atoms.